The lowest BCUT2D eigenvalue weighted by molar-refractivity contribution is -0.198. The van der Waals surface area contributed by atoms with E-state index in [2.05, 4.69) is 5.32 Å². The van der Waals surface area contributed by atoms with Gasteiger partial charge >= 0.3 is 6.18 Å². The molecule has 0 aromatic rings. The third kappa shape index (κ3) is 5.87. The minimum Gasteiger partial charge on any atom is -0.380 e. The zero-order valence-corrected chi connectivity index (χ0v) is 12.1. The molecule has 7 heteroatoms. The molecule has 0 heterocycles. The summed E-state index contributed by atoms with van der Waals surface area (Å²) < 4.78 is 43.7. The van der Waals surface area contributed by atoms with Gasteiger partial charge in [-0.2, -0.15) is 13.2 Å². The van der Waals surface area contributed by atoms with E-state index in [1.165, 1.54) is 0 Å². The van der Waals surface area contributed by atoms with Gasteiger partial charge < -0.3 is 10.1 Å². The van der Waals surface area contributed by atoms with E-state index >= 15 is 0 Å². The van der Waals surface area contributed by atoms with E-state index in [0.717, 1.165) is 0 Å². The first-order valence-electron chi connectivity index (χ1n) is 6.95. The lowest BCUT2D eigenvalue weighted by atomic mass is 9.78. The highest BCUT2D eigenvalue weighted by Crippen LogP contribution is 2.41. The molecule has 0 spiro atoms. The summed E-state index contributed by atoms with van der Waals surface area (Å²) in [7, 11) is 0. The molecule has 1 rings (SSSR count). The Labute approximate surface area is 122 Å². The van der Waals surface area contributed by atoms with Crippen LogP contribution in [0.4, 0.5) is 13.2 Å². The zero-order valence-electron chi connectivity index (χ0n) is 11.3. The third-order valence-corrected chi connectivity index (χ3v) is 3.66. The van der Waals surface area contributed by atoms with Gasteiger partial charge in [0, 0.05) is 24.9 Å². The number of alkyl halides is 4. The number of halogens is 4. The smallest absolute Gasteiger partial charge is 0.380 e. The normalized spacial score (nSPS) is 23.6. The van der Waals surface area contributed by atoms with Crippen LogP contribution >= 0.6 is 11.6 Å². The summed E-state index contributed by atoms with van der Waals surface area (Å²) in [5, 5.41) is 2.58. The SMILES string of the molecule is O=C(NCCCOCCCl)C1CCCCC1C(F)(F)F. The molecule has 2 unspecified atom stereocenters. The summed E-state index contributed by atoms with van der Waals surface area (Å²) in [5.74, 6) is -2.51. The molecule has 0 bridgehead atoms. The van der Waals surface area contributed by atoms with Crippen molar-refractivity contribution >= 4 is 17.5 Å². The van der Waals surface area contributed by atoms with Crippen molar-refractivity contribution in [1.29, 1.82) is 0 Å². The van der Waals surface area contributed by atoms with Crippen LogP contribution in [0.5, 0.6) is 0 Å². The Morgan fingerprint density at radius 2 is 1.95 bits per heavy atom. The van der Waals surface area contributed by atoms with Crippen molar-refractivity contribution in [2.45, 2.75) is 38.3 Å². The minimum absolute atomic E-state index is 0.0560. The lowest BCUT2D eigenvalue weighted by Crippen LogP contribution is -2.42. The molecule has 1 saturated carbocycles. The molecule has 1 N–H and O–H groups in total. The molecular formula is C13H21ClF3NO2. The predicted octanol–water partition coefficient (Wildman–Crippen LogP) is 3.12. The van der Waals surface area contributed by atoms with Gasteiger partial charge in [0.2, 0.25) is 5.91 Å². The standard InChI is InChI=1S/C13H21ClF3NO2/c14-6-9-20-8-3-7-18-12(19)10-4-1-2-5-11(10)13(15,16)17/h10-11H,1-9H2,(H,18,19). The van der Waals surface area contributed by atoms with Gasteiger partial charge in [-0.15, -0.1) is 11.6 Å². The van der Waals surface area contributed by atoms with E-state index in [0.29, 0.717) is 51.3 Å². The molecule has 0 saturated heterocycles. The van der Waals surface area contributed by atoms with Gasteiger partial charge in [0.25, 0.3) is 0 Å². The molecule has 1 fully saturated rings. The Hall–Kier alpha value is -0.490. The monoisotopic (exact) mass is 315 g/mol. The zero-order chi connectivity index (χ0) is 15.0. The van der Waals surface area contributed by atoms with Gasteiger partial charge in [-0.25, -0.2) is 0 Å². The number of carbonyl (C=O) groups excluding carboxylic acids is 1. The largest absolute Gasteiger partial charge is 0.392 e. The number of hydrogen-bond acceptors (Lipinski definition) is 2. The average molecular weight is 316 g/mol. The Morgan fingerprint density at radius 1 is 1.25 bits per heavy atom. The molecule has 20 heavy (non-hydrogen) atoms. The van der Waals surface area contributed by atoms with Crippen molar-refractivity contribution in [3.63, 3.8) is 0 Å². The molecule has 2 atom stereocenters. The first-order valence-corrected chi connectivity index (χ1v) is 7.48. The van der Waals surface area contributed by atoms with Crippen LogP contribution in [0.2, 0.25) is 0 Å². The second-order valence-electron chi connectivity index (χ2n) is 4.98. The summed E-state index contributed by atoms with van der Waals surface area (Å²) >= 11 is 5.42. The summed E-state index contributed by atoms with van der Waals surface area (Å²) in [6, 6.07) is 0. The van der Waals surface area contributed by atoms with E-state index in [-0.39, 0.29) is 6.42 Å². The van der Waals surface area contributed by atoms with Gasteiger partial charge in [0.05, 0.1) is 12.5 Å². The van der Waals surface area contributed by atoms with Crippen molar-refractivity contribution in [3.8, 4) is 0 Å². The molecule has 0 radical (unpaired) electrons. The van der Waals surface area contributed by atoms with Gasteiger partial charge in [0.15, 0.2) is 0 Å². The van der Waals surface area contributed by atoms with Crippen LogP contribution in [0.3, 0.4) is 0 Å². The third-order valence-electron chi connectivity index (χ3n) is 3.51. The van der Waals surface area contributed by atoms with Crippen LogP contribution in [0.25, 0.3) is 0 Å². The minimum atomic E-state index is -4.29. The molecule has 1 aliphatic carbocycles. The first-order chi connectivity index (χ1) is 9.46. The van der Waals surface area contributed by atoms with Crippen molar-refractivity contribution in [3.05, 3.63) is 0 Å². The Morgan fingerprint density at radius 3 is 2.60 bits per heavy atom. The van der Waals surface area contributed by atoms with Crippen LogP contribution in [0, 0.1) is 11.8 Å². The van der Waals surface area contributed by atoms with Gasteiger partial charge in [0.1, 0.15) is 0 Å². The quantitative estimate of drug-likeness (QED) is 0.579. The maximum absolute atomic E-state index is 12.9. The number of nitrogens with one attached hydrogen (secondary N) is 1. The number of rotatable bonds is 7. The molecule has 118 valence electrons. The van der Waals surface area contributed by atoms with Crippen LogP contribution < -0.4 is 5.32 Å². The summed E-state index contributed by atoms with van der Waals surface area (Å²) in [5.41, 5.74) is 0. The fourth-order valence-electron chi connectivity index (χ4n) is 2.51. The van der Waals surface area contributed by atoms with Crippen LogP contribution in [0.15, 0.2) is 0 Å². The molecule has 0 aliphatic heterocycles. The highest BCUT2D eigenvalue weighted by molar-refractivity contribution is 6.17. The molecule has 0 aromatic carbocycles. The second kappa shape index (κ2) is 8.72. The van der Waals surface area contributed by atoms with E-state index in [9.17, 15) is 18.0 Å². The number of hydrogen-bond donors (Lipinski definition) is 1. The van der Waals surface area contributed by atoms with Crippen LogP contribution in [-0.2, 0) is 9.53 Å². The second-order valence-corrected chi connectivity index (χ2v) is 5.36. The van der Waals surface area contributed by atoms with E-state index in [1.54, 1.807) is 0 Å². The fraction of sp³-hybridized carbons (Fsp3) is 0.923. The number of ether oxygens (including phenoxy) is 1. The number of amides is 1. The van der Waals surface area contributed by atoms with Crippen molar-refractivity contribution in [2.75, 3.05) is 25.6 Å². The molecule has 1 amide bonds. The van der Waals surface area contributed by atoms with Gasteiger partial charge in [-0.05, 0) is 19.3 Å². The van der Waals surface area contributed by atoms with E-state index < -0.39 is 23.9 Å². The Balaban J connectivity index is 2.33. The van der Waals surface area contributed by atoms with Gasteiger partial charge in [-0.1, -0.05) is 12.8 Å². The Bertz CT molecular complexity index is 300. The summed E-state index contributed by atoms with van der Waals surface area (Å²) in [4.78, 5) is 11.9. The van der Waals surface area contributed by atoms with Crippen molar-refractivity contribution in [2.24, 2.45) is 11.8 Å². The maximum Gasteiger partial charge on any atom is 0.392 e. The predicted molar refractivity (Wildman–Crippen MR) is 70.7 cm³/mol. The van der Waals surface area contributed by atoms with Crippen molar-refractivity contribution < 1.29 is 22.7 Å². The highest BCUT2D eigenvalue weighted by atomic mass is 35.5. The topological polar surface area (TPSA) is 38.3 Å². The summed E-state index contributed by atoms with van der Waals surface area (Å²) in [6.07, 6.45) is -2.11. The maximum atomic E-state index is 12.9. The van der Waals surface area contributed by atoms with Crippen LogP contribution in [0.1, 0.15) is 32.1 Å². The summed E-state index contributed by atoms with van der Waals surface area (Å²) in [6.45, 7) is 1.22. The Kier molecular flexibility index (Phi) is 7.66. The molecular weight excluding hydrogens is 295 g/mol. The lowest BCUT2D eigenvalue weighted by Gasteiger charge is -2.32. The van der Waals surface area contributed by atoms with E-state index in [4.69, 9.17) is 16.3 Å². The van der Waals surface area contributed by atoms with E-state index in [1.807, 2.05) is 0 Å². The van der Waals surface area contributed by atoms with Crippen molar-refractivity contribution in [1.82, 2.24) is 5.32 Å². The highest BCUT2D eigenvalue weighted by Gasteiger charge is 2.47. The van der Waals surface area contributed by atoms with Gasteiger partial charge in [-0.3, -0.25) is 4.79 Å². The average Bonchev–Trinajstić information content (AvgIpc) is 2.41. The molecule has 3 nitrogen and oxygen atoms in total. The van der Waals surface area contributed by atoms with Crippen LogP contribution in [-0.4, -0.2) is 37.7 Å². The molecule has 1 aliphatic rings. The molecule has 0 aromatic heterocycles. The number of carbonyl (C=O) groups is 1. The fourth-order valence-corrected chi connectivity index (χ4v) is 2.62. The first kappa shape index (κ1) is 17.6.